The molecule has 27 heavy (non-hydrogen) atoms. The summed E-state index contributed by atoms with van der Waals surface area (Å²) in [7, 11) is 0. The number of ketones is 1. The van der Waals surface area contributed by atoms with E-state index in [-0.39, 0.29) is 17.4 Å². The third-order valence-electron chi connectivity index (χ3n) is 4.11. The molecule has 0 radical (unpaired) electrons. The normalized spacial score (nSPS) is 14.1. The number of Topliss-reactive ketones (excluding diaryl/α,β-unsaturated/α-hetero) is 1. The molecular weight excluding hydrogens is 367 g/mol. The van der Waals surface area contributed by atoms with Gasteiger partial charge in [-0.25, -0.2) is 4.39 Å². The van der Waals surface area contributed by atoms with E-state index in [4.69, 9.17) is 21.1 Å². The molecule has 3 aromatic rings. The van der Waals surface area contributed by atoms with Crippen molar-refractivity contribution in [2.75, 3.05) is 0 Å². The first-order valence-corrected chi connectivity index (χ1v) is 8.67. The van der Waals surface area contributed by atoms with Crippen LogP contribution in [-0.4, -0.2) is 5.78 Å². The largest absolute Gasteiger partial charge is 0.489 e. The molecule has 134 valence electrons. The van der Waals surface area contributed by atoms with Crippen LogP contribution in [0.1, 0.15) is 21.5 Å². The highest BCUT2D eigenvalue weighted by atomic mass is 35.5. The van der Waals surface area contributed by atoms with Crippen molar-refractivity contribution in [1.29, 1.82) is 0 Å². The molecule has 1 aliphatic rings. The number of carbonyl (C=O) groups excluding carboxylic acids is 1. The summed E-state index contributed by atoms with van der Waals surface area (Å²) in [5.74, 6) is 0.564. The molecule has 0 aromatic heterocycles. The first kappa shape index (κ1) is 17.3. The fraction of sp³-hybridized carbons (Fsp3) is 0.0455. The highest BCUT2D eigenvalue weighted by Crippen LogP contribution is 2.35. The van der Waals surface area contributed by atoms with Crippen molar-refractivity contribution in [2.45, 2.75) is 6.61 Å². The number of benzene rings is 3. The molecule has 0 fully saturated rings. The van der Waals surface area contributed by atoms with Crippen molar-refractivity contribution in [3.05, 3.63) is 100 Å². The second-order valence-electron chi connectivity index (χ2n) is 6.07. The molecule has 0 spiro atoms. The molecule has 0 bridgehead atoms. The molecule has 3 nitrogen and oxygen atoms in total. The Morgan fingerprint density at radius 2 is 1.85 bits per heavy atom. The second kappa shape index (κ2) is 7.25. The minimum atomic E-state index is -0.370. The van der Waals surface area contributed by atoms with E-state index in [0.717, 1.165) is 5.56 Å². The molecule has 1 aliphatic heterocycles. The maximum atomic E-state index is 13.3. The van der Waals surface area contributed by atoms with Crippen LogP contribution in [0.4, 0.5) is 4.39 Å². The molecule has 0 saturated carbocycles. The number of rotatable bonds is 4. The third kappa shape index (κ3) is 3.86. The van der Waals surface area contributed by atoms with E-state index in [2.05, 4.69) is 0 Å². The Hall–Kier alpha value is -3.11. The Kier molecular flexibility index (Phi) is 4.65. The van der Waals surface area contributed by atoms with E-state index >= 15 is 0 Å². The number of allylic oxidation sites excluding steroid dienone is 1. The van der Waals surface area contributed by atoms with Gasteiger partial charge in [0.15, 0.2) is 5.76 Å². The Morgan fingerprint density at radius 1 is 1.04 bits per heavy atom. The molecule has 4 rings (SSSR count). The van der Waals surface area contributed by atoms with Gasteiger partial charge < -0.3 is 9.47 Å². The molecule has 1 heterocycles. The summed E-state index contributed by atoms with van der Waals surface area (Å²) < 4.78 is 24.7. The molecule has 0 unspecified atom stereocenters. The van der Waals surface area contributed by atoms with Gasteiger partial charge in [-0.05, 0) is 53.6 Å². The quantitative estimate of drug-likeness (QED) is 0.547. The Labute approximate surface area is 160 Å². The maximum absolute atomic E-state index is 13.3. The van der Waals surface area contributed by atoms with Gasteiger partial charge in [0.25, 0.3) is 0 Å². The topological polar surface area (TPSA) is 35.5 Å². The highest BCUT2D eigenvalue weighted by molar-refractivity contribution is 6.30. The summed E-state index contributed by atoms with van der Waals surface area (Å²) >= 11 is 5.87. The molecule has 5 heteroatoms. The monoisotopic (exact) mass is 380 g/mol. The van der Waals surface area contributed by atoms with Crippen LogP contribution in [0.2, 0.25) is 5.02 Å². The van der Waals surface area contributed by atoms with E-state index in [9.17, 15) is 9.18 Å². The van der Waals surface area contributed by atoms with Gasteiger partial charge in [0.2, 0.25) is 5.78 Å². The van der Waals surface area contributed by atoms with Crippen LogP contribution in [-0.2, 0) is 6.61 Å². The van der Waals surface area contributed by atoms with Crippen molar-refractivity contribution >= 4 is 23.5 Å². The van der Waals surface area contributed by atoms with Crippen molar-refractivity contribution in [2.24, 2.45) is 0 Å². The fourth-order valence-corrected chi connectivity index (χ4v) is 2.88. The number of hydrogen-bond donors (Lipinski definition) is 0. The van der Waals surface area contributed by atoms with Gasteiger partial charge in [-0.3, -0.25) is 4.79 Å². The zero-order valence-electron chi connectivity index (χ0n) is 14.1. The van der Waals surface area contributed by atoms with Crippen molar-refractivity contribution in [3.8, 4) is 11.5 Å². The zero-order chi connectivity index (χ0) is 18.8. The summed E-state index contributed by atoms with van der Waals surface area (Å²) in [4.78, 5) is 12.5. The molecule has 0 atom stereocenters. The van der Waals surface area contributed by atoms with Crippen LogP contribution in [0.3, 0.4) is 0 Å². The van der Waals surface area contributed by atoms with Crippen molar-refractivity contribution < 1.29 is 18.7 Å². The molecule has 0 saturated heterocycles. The van der Waals surface area contributed by atoms with Crippen LogP contribution < -0.4 is 9.47 Å². The number of carbonyl (C=O) groups is 1. The minimum absolute atomic E-state index is 0.158. The molecule has 0 aliphatic carbocycles. The van der Waals surface area contributed by atoms with Crippen LogP contribution in [0.25, 0.3) is 6.08 Å². The lowest BCUT2D eigenvalue weighted by Crippen LogP contribution is -1.98. The summed E-state index contributed by atoms with van der Waals surface area (Å²) in [5.41, 5.74) is 1.99. The SMILES string of the molecule is O=C1C(=Cc2cccc(F)c2)Oc2cc(OCc3ccc(Cl)cc3)ccc21. The lowest BCUT2D eigenvalue weighted by Gasteiger charge is -2.07. The van der Waals surface area contributed by atoms with Crippen LogP contribution in [0, 0.1) is 5.82 Å². The summed E-state index contributed by atoms with van der Waals surface area (Å²) in [6, 6.07) is 18.4. The minimum Gasteiger partial charge on any atom is -0.489 e. The van der Waals surface area contributed by atoms with E-state index in [1.807, 2.05) is 12.1 Å². The summed E-state index contributed by atoms with van der Waals surface area (Å²) in [6.07, 6.45) is 1.53. The van der Waals surface area contributed by atoms with E-state index in [1.54, 1.807) is 42.5 Å². The summed E-state index contributed by atoms with van der Waals surface area (Å²) in [6.45, 7) is 0.371. The third-order valence-corrected chi connectivity index (χ3v) is 4.36. The lowest BCUT2D eigenvalue weighted by molar-refractivity contribution is 0.101. The van der Waals surface area contributed by atoms with Gasteiger partial charge >= 0.3 is 0 Å². The number of fused-ring (bicyclic) bond motifs is 1. The smallest absolute Gasteiger partial charge is 0.231 e. The first-order valence-electron chi connectivity index (χ1n) is 8.29. The number of halogens is 2. The van der Waals surface area contributed by atoms with Crippen molar-refractivity contribution in [3.63, 3.8) is 0 Å². The highest BCUT2D eigenvalue weighted by Gasteiger charge is 2.27. The predicted molar refractivity (Wildman–Crippen MR) is 102 cm³/mol. The molecular formula is C22H14ClFO3. The number of ether oxygens (including phenoxy) is 2. The zero-order valence-corrected chi connectivity index (χ0v) is 14.9. The van der Waals surface area contributed by atoms with Crippen LogP contribution >= 0.6 is 11.6 Å². The Morgan fingerprint density at radius 3 is 2.63 bits per heavy atom. The van der Waals surface area contributed by atoms with Gasteiger partial charge in [-0.15, -0.1) is 0 Å². The van der Waals surface area contributed by atoms with Gasteiger partial charge in [0, 0.05) is 11.1 Å². The molecule has 3 aromatic carbocycles. The molecule has 0 amide bonds. The van der Waals surface area contributed by atoms with E-state index < -0.39 is 0 Å². The van der Waals surface area contributed by atoms with E-state index in [0.29, 0.717) is 34.3 Å². The molecule has 0 N–H and O–H groups in total. The average molecular weight is 381 g/mol. The second-order valence-corrected chi connectivity index (χ2v) is 6.50. The Bertz CT molecular complexity index is 1040. The number of hydrogen-bond acceptors (Lipinski definition) is 3. The lowest BCUT2D eigenvalue weighted by atomic mass is 10.1. The van der Waals surface area contributed by atoms with Gasteiger partial charge in [0.05, 0.1) is 5.56 Å². The van der Waals surface area contributed by atoms with E-state index in [1.165, 1.54) is 18.2 Å². The van der Waals surface area contributed by atoms with Crippen molar-refractivity contribution in [1.82, 2.24) is 0 Å². The van der Waals surface area contributed by atoms with Gasteiger partial charge in [-0.1, -0.05) is 35.9 Å². The average Bonchev–Trinajstić information content (AvgIpc) is 2.96. The Balaban J connectivity index is 1.51. The van der Waals surface area contributed by atoms with Crippen LogP contribution in [0.15, 0.2) is 72.5 Å². The standard InChI is InChI=1S/C22H14ClFO3/c23-16-6-4-14(5-7-16)13-26-18-8-9-19-20(12-18)27-21(22(19)25)11-15-2-1-3-17(24)10-15/h1-12H,13H2. The van der Waals surface area contributed by atoms with Gasteiger partial charge in [-0.2, -0.15) is 0 Å². The maximum Gasteiger partial charge on any atom is 0.231 e. The predicted octanol–water partition coefficient (Wildman–Crippen LogP) is 5.67. The summed E-state index contributed by atoms with van der Waals surface area (Å²) in [5, 5.41) is 0.667. The van der Waals surface area contributed by atoms with Crippen LogP contribution in [0.5, 0.6) is 11.5 Å². The van der Waals surface area contributed by atoms with Gasteiger partial charge in [0.1, 0.15) is 23.9 Å². The fourth-order valence-electron chi connectivity index (χ4n) is 2.75. The first-order chi connectivity index (χ1) is 13.1.